The quantitative estimate of drug-likeness (QED) is 0.749. The number of para-hydroxylation sites is 2. The largest absolute Gasteiger partial charge is 0.457 e. The van der Waals surface area contributed by atoms with Crippen LogP contribution in [0.15, 0.2) is 72.8 Å². The van der Waals surface area contributed by atoms with Crippen molar-refractivity contribution in [1.29, 1.82) is 0 Å². The molecule has 3 nitrogen and oxygen atoms in total. The molecule has 0 bridgehead atoms. The number of fused-ring (bicyclic) bond motifs is 2. The number of carbonyl (C=O) groups is 1. The third-order valence-corrected chi connectivity index (χ3v) is 4.27. The molecular formula is C21H17NO2. The number of rotatable bonds is 2. The van der Waals surface area contributed by atoms with Gasteiger partial charge in [-0.2, -0.15) is 0 Å². The van der Waals surface area contributed by atoms with Crippen LogP contribution in [0.3, 0.4) is 0 Å². The van der Waals surface area contributed by atoms with Gasteiger partial charge in [0.2, 0.25) is 0 Å². The van der Waals surface area contributed by atoms with Gasteiger partial charge in [0.15, 0.2) is 0 Å². The van der Waals surface area contributed by atoms with Crippen molar-refractivity contribution >= 4 is 5.91 Å². The van der Waals surface area contributed by atoms with Crippen molar-refractivity contribution in [3.63, 3.8) is 0 Å². The van der Waals surface area contributed by atoms with Gasteiger partial charge in [-0.3, -0.25) is 4.79 Å². The summed E-state index contributed by atoms with van der Waals surface area (Å²) in [6.45, 7) is 2.01. The lowest BCUT2D eigenvalue weighted by atomic mass is 9.94. The second-order valence-electron chi connectivity index (χ2n) is 5.95. The number of nitrogens with one attached hydrogen (secondary N) is 1. The molecule has 0 aromatic heterocycles. The Bertz CT molecular complexity index is 854. The van der Waals surface area contributed by atoms with Crippen molar-refractivity contribution < 1.29 is 9.53 Å². The van der Waals surface area contributed by atoms with Crippen molar-refractivity contribution in [2.24, 2.45) is 0 Å². The SMILES string of the molecule is Cc1ccc(C(=O)NC2c3ccccc3Oc3ccccc32)cc1. The van der Waals surface area contributed by atoms with E-state index in [1.165, 1.54) is 0 Å². The van der Waals surface area contributed by atoms with Crippen LogP contribution < -0.4 is 10.1 Å². The van der Waals surface area contributed by atoms with Crippen molar-refractivity contribution in [1.82, 2.24) is 5.32 Å². The summed E-state index contributed by atoms with van der Waals surface area (Å²) in [5, 5.41) is 3.15. The second-order valence-corrected chi connectivity index (χ2v) is 5.95. The number of ether oxygens (including phenoxy) is 1. The Kier molecular flexibility index (Phi) is 3.54. The number of hydrogen-bond donors (Lipinski definition) is 1. The molecule has 0 atom stereocenters. The van der Waals surface area contributed by atoms with Gasteiger partial charge in [-0.15, -0.1) is 0 Å². The molecule has 0 spiro atoms. The fourth-order valence-corrected chi connectivity index (χ4v) is 2.98. The van der Waals surface area contributed by atoms with E-state index < -0.39 is 0 Å². The summed E-state index contributed by atoms with van der Waals surface area (Å²) >= 11 is 0. The summed E-state index contributed by atoms with van der Waals surface area (Å²) < 4.78 is 5.96. The smallest absolute Gasteiger partial charge is 0.252 e. The zero-order chi connectivity index (χ0) is 16.5. The summed E-state index contributed by atoms with van der Waals surface area (Å²) in [5.41, 5.74) is 3.73. The molecule has 1 aliphatic rings. The van der Waals surface area contributed by atoms with E-state index in [-0.39, 0.29) is 11.9 Å². The van der Waals surface area contributed by atoms with Crippen molar-refractivity contribution in [2.75, 3.05) is 0 Å². The number of aryl methyl sites for hydroxylation is 1. The molecule has 0 saturated carbocycles. The van der Waals surface area contributed by atoms with E-state index in [0.717, 1.165) is 28.2 Å². The number of benzene rings is 3. The summed E-state index contributed by atoms with van der Waals surface area (Å²) in [4.78, 5) is 12.7. The van der Waals surface area contributed by atoms with E-state index in [4.69, 9.17) is 4.74 Å². The summed E-state index contributed by atoms with van der Waals surface area (Å²) in [6.07, 6.45) is 0. The van der Waals surface area contributed by atoms with Crippen LogP contribution in [0.2, 0.25) is 0 Å². The highest BCUT2D eigenvalue weighted by Crippen LogP contribution is 2.42. The van der Waals surface area contributed by atoms with Crippen molar-refractivity contribution in [3.05, 3.63) is 95.1 Å². The van der Waals surface area contributed by atoms with Gasteiger partial charge in [0.05, 0.1) is 6.04 Å². The van der Waals surface area contributed by atoms with Crippen LogP contribution in [0.5, 0.6) is 11.5 Å². The maximum atomic E-state index is 12.7. The Labute approximate surface area is 140 Å². The van der Waals surface area contributed by atoms with Crippen molar-refractivity contribution in [2.45, 2.75) is 13.0 Å². The first-order valence-corrected chi connectivity index (χ1v) is 7.95. The first kappa shape index (κ1) is 14.5. The number of amides is 1. The molecule has 4 rings (SSSR count). The Morgan fingerprint density at radius 1 is 0.833 bits per heavy atom. The standard InChI is InChI=1S/C21H17NO2/c1-14-10-12-15(13-11-14)21(23)22-20-16-6-2-4-8-18(16)24-19-9-5-3-7-17(19)20/h2-13,20H,1H3,(H,22,23). The van der Waals surface area contributed by atoms with Crippen molar-refractivity contribution in [3.8, 4) is 11.5 Å². The third-order valence-electron chi connectivity index (χ3n) is 4.27. The molecule has 3 aromatic rings. The van der Waals surface area contributed by atoms with E-state index in [1.54, 1.807) is 0 Å². The monoisotopic (exact) mass is 315 g/mol. The molecule has 24 heavy (non-hydrogen) atoms. The molecular weight excluding hydrogens is 298 g/mol. The van der Waals surface area contributed by atoms with E-state index in [0.29, 0.717) is 5.56 Å². The Morgan fingerprint density at radius 3 is 1.96 bits per heavy atom. The highest BCUT2D eigenvalue weighted by Gasteiger charge is 2.28. The van der Waals surface area contributed by atoms with Crippen LogP contribution in [-0.4, -0.2) is 5.91 Å². The summed E-state index contributed by atoms with van der Waals surface area (Å²) in [6, 6.07) is 23.0. The molecule has 0 fully saturated rings. The molecule has 1 aliphatic heterocycles. The zero-order valence-electron chi connectivity index (χ0n) is 13.3. The zero-order valence-corrected chi connectivity index (χ0v) is 13.3. The van der Waals surface area contributed by atoms with Crippen LogP contribution in [0.4, 0.5) is 0 Å². The summed E-state index contributed by atoms with van der Waals surface area (Å²) in [5.74, 6) is 1.47. The van der Waals surface area contributed by atoms with E-state index in [2.05, 4.69) is 5.32 Å². The maximum absolute atomic E-state index is 12.7. The van der Waals surface area contributed by atoms with Gasteiger partial charge in [-0.05, 0) is 31.2 Å². The molecule has 1 heterocycles. The van der Waals surface area contributed by atoms with Gasteiger partial charge in [0.25, 0.3) is 5.91 Å². The third kappa shape index (κ3) is 2.54. The Hall–Kier alpha value is -3.07. The fraction of sp³-hybridized carbons (Fsp3) is 0.0952. The van der Waals surface area contributed by atoms with Crippen LogP contribution in [0.1, 0.15) is 33.1 Å². The predicted octanol–water partition coefficient (Wildman–Crippen LogP) is 4.62. The first-order chi connectivity index (χ1) is 11.7. The lowest BCUT2D eigenvalue weighted by Crippen LogP contribution is -2.31. The van der Waals surface area contributed by atoms with Gasteiger partial charge in [-0.1, -0.05) is 54.1 Å². The van der Waals surface area contributed by atoms with Crippen LogP contribution in [0, 0.1) is 6.92 Å². The Morgan fingerprint density at radius 2 is 1.38 bits per heavy atom. The van der Waals surface area contributed by atoms with E-state index >= 15 is 0 Å². The molecule has 3 aromatic carbocycles. The van der Waals surface area contributed by atoms with Crippen LogP contribution in [0.25, 0.3) is 0 Å². The highest BCUT2D eigenvalue weighted by molar-refractivity contribution is 5.94. The summed E-state index contributed by atoms with van der Waals surface area (Å²) in [7, 11) is 0. The normalized spacial score (nSPS) is 12.7. The lowest BCUT2D eigenvalue weighted by molar-refractivity contribution is 0.0941. The maximum Gasteiger partial charge on any atom is 0.252 e. The first-order valence-electron chi connectivity index (χ1n) is 7.95. The van der Waals surface area contributed by atoms with E-state index in [9.17, 15) is 4.79 Å². The molecule has 0 saturated heterocycles. The van der Waals surface area contributed by atoms with Crippen LogP contribution in [-0.2, 0) is 0 Å². The lowest BCUT2D eigenvalue weighted by Gasteiger charge is -2.28. The number of carbonyl (C=O) groups excluding carboxylic acids is 1. The van der Waals surface area contributed by atoms with Gasteiger partial charge in [0.1, 0.15) is 11.5 Å². The molecule has 1 amide bonds. The minimum absolute atomic E-state index is 0.0912. The van der Waals surface area contributed by atoms with Gasteiger partial charge >= 0.3 is 0 Å². The molecule has 118 valence electrons. The van der Waals surface area contributed by atoms with Gasteiger partial charge < -0.3 is 10.1 Å². The molecule has 0 radical (unpaired) electrons. The predicted molar refractivity (Wildman–Crippen MR) is 93.4 cm³/mol. The number of hydrogen-bond acceptors (Lipinski definition) is 2. The molecule has 0 aliphatic carbocycles. The van der Waals surface area contributed by atoms with Gasteiger partial charge in [0, 0.05) is 16.7 Å². The van der Waals surface area contributed by atoms with Crippen LogP contribution >= 0.6 is 0 Å². The minimum Gasteiger partial charge on any atom is -0.457 e. The van der Waals surface area contributed by atoms with Gasteiger partial charge in [-0.25, -0.2) is 0 Å². The average Bonchev–Trinajstić information content (AvgIpc) is 2.62. The molecule has 3 heteroatoms. The van der Waals surface area contributed by atoms with E-state index in [1.807, 2.05) is 79.7 Å². The average molecular weight is 315 g/mol. The second kappa shape index (κ2) is 5.85. The topological polar surface area (TPSA) is 38.3 Å². The molecule has 0 unspecified atom stereocenters. The fourth-order valence-electron chi connectivity index (χ4n) is 2.98. The highest BCUT2D eigenvalue weighted by atomic mass is 16.5. The molecule has 1 N–H and O–H groups in total. The minimum atomic E-state index is -0.222. The Balaban J connectivity index is 1.72.